The van der Waals surface area contributed by atoms with Crippen LogP contribution in [0.25, 0.3) is 32.7 Å². The van der Waals surface area contributed by atoms with Gasteiger partial charge in [0.05, 0.1) is 5.39 Å². The molecule has 0 aliphatic heterocycles. The summed E-state index contributed by atoms with van der Waals surface area (Å²) < 4.78 is 14.8. The number of aromatic nitrogens is 2. The van der Waals surface area contributed by atoms with Gasteiger partial charge in [-0.2, -0.15) is 0 Å². The van der Waals surface area contributed by atoms with Crippen LogP contribution in [0.3, 0.4) is 0 Å². The van der Waals surface area contributed by atoms with E-state index in [9.17, 15) is 14.0 Å². The molecule has 4 aromatic rings. The third kappa shape index (κ3) is 3.41. The first kappa shape index (κ1) is 20.0. The van der Waals surface area contributed by atoms with Crippen LogP contribution in [-0.4, -0.2) is 15.5 Å². The summed E-state index contributed by atoms with van der Waals surface area (Å²) in [4.78, 5) is 31.2. The molecule has 152 valence electrons. The van der Waals surface area contributed by atoms with Gasteiger partial charge in [0.2, 0.25) is 5.91 Å². The Balaban J connectivity index is 2.05. The molecule has 7 heteroatoms. The fourth-order valence-electron chi connectivity index (χ4n) is 3.55. The lowest BCUT2D eigenvalue weighted by Crippen LogP contribution is -2.35. The zero-order valence-electron chi connectivity index (χ0n) is 16.6. The number of carbonyl (C=O) groups is 1. The fourth-order valence-corrected chi connectivity index (χ4v) is 4.49. The number of thiophene rings is 1. The molecule has 0 aliphatic carbocycles. The number of fused-ring (bicyclic) bond motifs is 1. The zero-order valence-corrected chi connectivity index (χ0v) is 17.4. The molecular formula is C23H20FN3O2S. The van der Waals surface area contributed by atoms with Crippen LogP contribution < -0.4 is 11.3 Å². The summed E-state index contributed by atoms with van der Waals surface area (Å²) >= 11 is 1.34. The van der Waals surface area contributed by atoms with Crippen molar-refractivity contribution in [3.8, 4) is 22.5 Å². The van der Waals surface area contributed by atoms with E-state index in [1.54, 1.807) is 19.1 Å². The number of carbonyl (C=O) groups excluding carboxylic acids is 1. The molecule has 0 aliphatic rings. The minimum Gasteiger partial charge on any atom is -0.368 e. The van der Waals surface area contributed by atoms with Crippen molar-refractivity contribution < 1.29 is 9.18 Å². The first-order chi connectivity index (χ1) is 14.4. The van der Waals surface area contributed by atoms with E-state index in [0.717, 1.165) is 11.1 Å². The van der Waals surface area contributed by atoms with Gasteiger partial charge < -0.3 is 5.73 Å². The minimum absolute atomic E-state index is 0.332. The van der Waals surface area contributed by atoms with Crippen LogP contribution in [0.4, 0.5) is 4.39 Å². The summed E-state index contributed by atoms with van der Waals surface area (Å²) in [6.07, 6.45) is 0.358. The number of rotatable bonds is 5. The fraction of sp³-hybridized carbons (Fsp3) is 0.174. The Labute approximate surface area is 176 Å². The monoisotopic (exact) mass is 421 g/mol. The summed E-state index contributed by atoms with van der Waals surface area (Å²) in [6.45, 7) is 3.78. The van der Waals surface area contributed by atoms with Crippen LogP contribution >= 0.6 is 11.3 Å². The van der Waals surface area contributed by atoms with Crippen LogP contribution in [0.15, 0.2) is 58.7 Å². The Morgan fingerprint density at radius 3 is 2.37 bits per heavy atom. The summed E-state index contributed by atoms with van der Waals surface area (Å²) in [5.41, 5.74) is 8.49. The topological polar surface area (TPSA) is 78.0 Å². The lowest BCUT2D eigenvalue weighted by Gasteiger charge is -2.19. The van der Waals surface area contributed by atoms with Gasteiger partial charge >= 0.3 is 0 Å². The van der Waals surface area contributed by atoms with Crippen molar-refractivity contribution in [2.45, 2.75) is 26.3 Å². The van der Waals surface area contributed by atoms with E-state index in [1.165, 1.54) is 28.0 Å². The Bertz CT molecular complexity index is 1290. The van der Waals surface area contributed by atoms with E-state index in [4.69, 9.17) is 10.7 Å². The highest BCUT2D eigenvalue weighted by molar-refractivity contribution is 7.17. The standard InChI is InChI=1S/C23H20FN3O2S/c1-3-18(20(25)28)27-21(15-6-4-13(2)5-7-15)26-22-19(23(27)29)17(12-30-22)14-8-10-16(24)11-9-14/h4-12,18H,3H2,1-2H3,(H2,25,28). The Hall–Kier alpha value is -3.32. The maximum atomic E-state index is 13.7. The van der Waals surface area contributed by atoms with E-state index >= 15 is 0 Å². The van der Waals surface area contributed by atoms with Crippen molar-refractivity contribution in [1.29, 1.82) is 0 Å². The molecule has 0 saturated heterocycles. The van der Waals surface area contributed by atoms with Gasteiger partial charge in [-0.05, 0) is 31.0 Å². The first-order valence-electron chi connectivity index (χ1n) is 9.56. The highest BCUT2D eigenvalue weighted by Gasteiger charge is 2.25. The quantitative estimate of drug-likeness (QED) is 0.508. The molecule has 1 unspecified atom stereocenters. The average molecular weight is 421 g/mol. The molecule has 1 atom stereocenters. The number of amides is 1. The molecule has 2 N–H and O–H groups in total. The Kier molecular flexibility index (Phi) is 5.22. The van der Waals surface area contributed by atoms with Crippen molar-refractivity contribution >= 4 is 27.5 Å². The van der Waals surface area contributed by atoms with Gasteiger partial charge in [-0.3, -0.25) is 14.2 Å². The number of aryl methyl sites for hydroxylation is 1. The van der Waals surface area contributed by atoms with E-state index < -0.39 is 11.9 Å². The summed E-state index contributed by atoms with van der Waals surface area (Å²) in [6, 6.07) is 12.7. The van der Waals surface area contributed by atoms with Gasteiger partial charge in [0.1, 0.15) is 22.5 Å². The molecule has 5 nitrogen and oxygen atoms in total. The highest BCUT2D eigenvalue weighted by Crippen LogP contribution is 2.33. The maximum Gasteiger partial charge on any atom is 0.263 e. The Morgan fingerprint density at radius 1 is 1.13 bits per heavy atom. The number of benzene rings is 2. The number of primary amides is 1. The average Bonchev–Trinajstić information content (AvgIpc) is 3.15. The molecule has 0 fully saturated rings. The smallest absolute Gasteiger partial charge is 0.263 e. The predicted octanol–water partition coefficient (Wildman–Crippen LogP) is 4.68. The predicted molar refractivity (Wildman–Crippen MR) is 118 cm³/mol. The molecule has 4 rings (SSSR count). The third-order valence-electron chi connectivity index (χ3n) is 5.13. The molecule has 30 heavy (non-hydrogen) atoms. The van der Waals surface area contributed by atoms with E-state index in [2.05, 4.69) is 0 Å². The molecular weight excluding hydrogens is 401 g/mol. The van der Waals surface area contributed by atoms with E-state index in [0.29, 0.717) is 33.6 Å². The van der Waals surface area contributed by atoms with Crippen LogP contribution in [-0.2, 0) is 4.79 Å². The lowest BCUT2D eigenvalue weighted by atomic mass is 10.1. The molecule has 0 spiro atoms. The SMILES string of the molecule is CCC(C(N)=O)n1c(-c2ccc(C)cc2)nc2scc(-c3ccc(F)cc3)c2c1=O. The maximum absolute atomic E-state index is 13.7. The molecule has 0 bridgehead atoms. The largest absolute Gasteiger partial charge is 0.368 e. The van der Waals surface area contributed by atoms with Gasteiger partial charge in [-0.15, -0.1) is 11.3 Å². The number of hydrogen-bond acceptors (Lipinski definition) is 4. The second-order valence-electron chi connectivity index (χ2n) is 7.14. The van der Waals surface area contributed by atoms with Crippen LogP contribution in [0.5, 0.6) is 0 Å². The van der Waals surface area contributed by atoms with Gasteiger partial charge in [-0.25, -0.2) is 9.37 Å². The highest BCUT2D eigenvalue weighted by atomic mass is 32.1. The second-order valence-corrected chi connectivity index (χ2v) is 8.00. The van der Waals surface area contributed by atoms with Crippen molar-refractivity contribution in [2.24, 2.45) is 5.73 Å². The van der Waals surface area contributed by atoms with Gasteiger partial charge in [0, 0.05) is 16.5 Å². The Morgan fingerprint density at radius 2 is 1.77 bits per heavy atom. The number of hydrogen-bond donors (Lipinski definition) is 1. The summed E-state index contributed by atoms with van der Waals surface area (Å²) in [5.74, 6) is -0.534. The second kappa shape index (κ2) is 7.84. The molecule has 2 aromatic heterocycles. The molecule has 2 aromatic carbocycles. The molecule has 0 radical (unpaired) electrons. The van der Waals surface area contributed by atoms with Crippen LogP contribution in [0.1, 0.15) is 24.9 Å². The van der Waals surface area contributed by atoms with E-state index in [-0.39, 0.29) is 11.4 Å². The number of halogens is 1. The molecule has 2 heterocycles. The molecule has 0 saturated carbocycles. The van der Waals surface area contributed by atoms with Gasteiger partial charge in [0.25, 0.3) is 5.56 Å². The van der Waals surface area contributed by atoms with Crippen molar-refractivity contribution in [2.75, 3.05) is 0 Å². The molecule has 1 amide bonds. The summed E-state index contributed by atoms with van der Waals surface area (Å²) in [5, 5.41) is 2.24. The van der Waals surface area contributed by atoms with Crippen molar-refractivity contribution in [3.05, 3.63) is 75.6 Å². The van der Waals surface area contributed by atoms with Crippen LogP contribution in [0, 0.1) is 12.7 Å². The number of nitrogens with zero attached hydrogens (tertiary/aromatic N) is 2. The first-order valence-corrected chi connectivity index (χ1v) is 10.4. The lowest BCUT2D eigenvalue weighted by molar-refractivity contribution is -0.121. The summed E-state index contributed by atoms with van der Waals surface area (Å²) in [7, 11) is 0. The van der Waals surface area contributed by atoms with Crippen LogP contribution in [0.2, 0.25) is 0 Å². The minimum atomic E-state index is -0.827. The zero-order chi connectivity index (χ0) is 21.4. The van der Waals surface area contributed by atoms with Gasteiger partial charge in [0.15, 0.2) is 0 Å². The van der Waals surface area contributed by atoms with E-state index in [1.807, 2.05) is 36.6 Å². The number of nitrogens with two attached hydrogens (primary N) is 1. The van der Waals surface area contributed by atoms with Gasteiger partial charge in [-0.1, -0.05) is 48.9 Å². The van der Waals surface area contributed by atoms with Crippen molar-refractivity contribution in [3.63, 3.8) is 0 Å². The normalized spacial score (nSPS) is 12.2. The van der Waals surface area contributed by atoms with Crippen molar-refractivity contribution in [1.82, 2.24) is 9.55 Å². The third-order valence-corrected chi connectivity index (χ3v) is 6.00.